The van der Waals surface area contributed by atoms with E-state index in [1.165, 1.54) is 25.7 Å². The van der Waals surface area contributed by atoms with E-state index in [1.54, 1.807) is 0 Å². The van der Waals surface area contributed by atoms with Crippen molar-refractivity contribution < 1.29 is 3.79 Å². The van der Waals surface area contributed by atoms with Crippen LogP contribution in [0.2, 0.25) is 0 Å². The minimum Gasteiger partial charge on any atom is -0.516 e. The predicted molar refractivity (Wildman–Crippen MR) is 45.0 cm³/mol. The lowest BCUT2D eigenvalue weighted by atomic mass is 10.0. The van der Waals surface area contributed by atoms with Crippen LogP contribution in [0.15, 0.2) is 0 Å². The first kappa shape index (κ1) is 10.5. The van der Waals surface area contributed by atoms with Gasteiger partial charge in [-0.25, -0.2) is 0 Å². The molecule has 0 rings (SSSR count). The molecule has 0 saturated heterocycles. The van der Waals surface area contributed by atoms with Gasteiger partial charge < -0.3 is 3.79 Å². The van der Waals surface area contributed by atoms with E-state index >= 15 is 0 Å². The lowest BCUT2D eigenvalue weighted by Crippen LogP contribution is -2.06. The van der Waals surface area contributed by atoms with Crippen molar-refractivity contribution >= 4 is 16.6 Å². The van der Waals surface area contributed by atoms with E-state index in [1.807, 2.05) is 0 Å². The van der Waals surface area contributed by atoms with Gasteiger partial charge in [-0.15, -0.1) is 0 Å². The van der Waals surface area contributed by atoms with Crippen LogP contribution in [0.5, 0.6) is 0 Å². The summed E-state index contributed by atoms with van der Waals surface area (Å²) < 4.78 is 5.01. The van der Waals surface area contributed by atoms with Crippen molar-refractivity contribution in [2.45, 2.75) is 39.5 Å². The van der Waals surface area contributed by atoms with Crippen LogP contribution < -0.4 is 0 Å². The molecule has 0 amide bonds. The zero-order chi connectivity index (χ0) is 7.82. The maximum absolute atomic E-state index is 5.01. The predicted octanol–water partition coefficient (Wildman–Crippen LogP) is 2.30. The summed E-state index contributed by atoms with van der Waals surface area (Å²) in [6, 6.07) is 0. The molecule has 0 aromatic carbocycles. The zero-order valence-corrected chi connectivity index (χ0v) is 8.25. The molecule has 10 heavy (non-hydrogen) atoms. The third-order valence-corrected chi connectivity index (χ3v) is 2.07. The van der Waals surface area contributed by atoms with Crippen LogP contribution >= 0.6 is 0 Å². The summed E-state index contributed by atoms with van der Waals surface area (Å²) in [5, 5.41) is 0. The molecule has 1 unspecified atom stereocenters. The molecular weight excluding hydrogens is 139 g/mol. The van der Waals surface area contributed by atoms with Gasteiger partial charge in [0.1, 0.15) is 0 Å². The Morgan fingerprint density at radius 2 is 2.10 bits per heavy atom. The van der Waals surface area contributed by atoms with Gasteiger partial charge in [-0.1, -0.05) is 33.1 Å². The summed E-state index contributed by atoms with van der Waals surface area (Å²) in [7, 11) is 0. The molecule has 0 aliphatic heterocycles. The standard InChI is InChI=1S/C8H17O.Al/c1-3-5-6-8(4-2)7-9;/h8H,3-7H2,1-2H3;/q-1;+1. The molecule has 0 N–H and O–H groups in total. The SMILES string of the molecule is CCCCC(CC)C[O][Al]. The Hall–Kier alpha value is 0.492. The van der Waals surface area contributed by atoms with Gasteiger partial charge in [0.15, 0.2) is 0 Å². The molecule has 2 heteroatoms. The average molecular weight is 156 g/mol. The average Bonchev–Trinajstić information content (AvgIpc) is 1.98. The van der Waals surface area contributed by atoms with Crippen LogP contribution in [0.1, 0.15) is 39.5 Å². The van der Waals surface area contributed by atoms with Crippen LogP contribution in [-0.2, 0) is 3.79 Å². The highest BCUT2D eigenvalue weighted by molar-refractivity contribution is 5.97. The van der Waals surface area contributed by atoms with Crippen molar-refractivity contribution in [2.24, 2.45) is 5.92 Å². The van der Waals surface area contributed by atoms with Crippen molar-refractivity contribution in [1.29, 1.82) is 0 Å². The van der Waals surface area contributed by atoms with Crippen molar-refractivity contribution in [1.82, 2.24) is 0 Å². The smallest absolute Gasteiger partial charge is 0.369 e. The molecule has 1 nitrogen and oxygen atoms in total. The second kappa shape index (κ2) is 7.60. The molecule has 0 aromatic heterocycles. The second-order valence-electron chi connectivity index (χ2n) is 2.75. The van der Waals surface area contributed by atoms with E-state index in [-0.39, 0.29) is 0 Å². The molecule has 1 atom stereocenters. The van der Waals surface area contributed by atoms with Crippen LogP contribution in [-0.4, -0.2) is 23.2 Å². The first-order valence-electron chi connectivity index (χ1n) is 4.16. The van der Waals surface area contributed by atoms with Gasteiger partial charge in [0, 0.05) is 6.61 Å². The topological polar surface area (TPSA) is 9.23 Å². The van der Waals surface area contributed by atoms with Crippen molar-refractivity contribution in [3.8, 4) is 0 Å². The van der Waals surface area contributed by atoms with E-state index in [9.17, 15) is 0 Å². The van der Waals surface area contributed by atoms with Gasteiger partial charge >= 0.3 is 16.6 Å². The summed E-state index contributed by atoms with van der Waals surface area (Å²) in [6.45, 7) is 5.36. The summed E-state index contributed by atoms with van der Waals surface area (Å²) in [4.78, 5) is 0. The minimum atomic E-state index is 0.775. The third-order valence-electron chi connectivity index (χ3n) is 1.88. The van der Waals surface area contributed by atoms with Gasteiger partial charge in [-0.05, 0) is 12.3 Å². The summed E-state index contributed by atoms with van der Waals surface area (Å²) in [6.07, 6.45) is 5.20. The van der Waals surface area contributed by atoms with Crippen LogP contribution in [0.3, 0.4) is 0 Å². The summed E-state index contributed by atoms with van der Waals surface area (Å²) in [5.74, 6) is 0.775. The fraction of sp³-hybridized carbons (Fsp3) is 1.00. The molecule has 0 heterocycles. The van der Waals surface area contributed by atoms with Gasteiger partial charge in [-0.2, -0.15) is 0 Å². The second-order valence-corrected chi connectivity index (χ2v) is 3.08. The number of hydrogen-bond acceptors (Lipinski definition) is 1. The zero-order valence-electron chi connectivity index (χ0n) is 7.10. The molecule has 0 spiro atoms. The maximum Gasteiger partial charge on any atom is 0.369 e. The molecule has 0 fully saturated rings. The number of unbranched alkanes of at least 4 members (excludes halogenated alkanes) is 1. The fourth-order valence-electron chi connectivity index (χ4n) is 1.03. The van der Waals surface area contributed by atoms with Crippen LogP contribution in [0, 0.1) is 5.92 Å². The molecule has 2 radical (unpaired) electrons. The van der Waals surface area contributed by atoms with Crippen molar-refractivity contribution in [3.05, 3.63) is 0 Å². The molecule has 0 aromatic rings. The Bertz CT molecular complexity index is 66.3. The molecular formula is C8H17AlO. The normalized spacial score (nSPS) is 13.4. The molecule has 58 valence electrons. The van der Waals surface area contributed by atoms with E-state index in [0.29, 0.717) is 0 Å². The van der Waals surface area contributed by atoms with E-state index in [0.717, 1.165) is 12.5 Å². The molecule has 0 bridgehead atoms. The Balaban J connectivity index is 3.21. The van der Waals surface area contributed by atoms with Crippen molar-refractivity contribution in [2.75, 3.05) is 6.61 Å². The first-order chi connectivity index (χ1) is 4.85. The van der Waals surface area contributed by atoms with E-state index in [4.69, 9.17) is 3.79 Å². The minimum absolute atomic E-state index is 0.775. The highest BCUT2D eigenvalue weighted by Crippen LogP contribution is 2.11. The summed E-state index contributed by atoms with van der Waals surface area (Å²) in [5.41, 5.74) is 0. The van der Waals surface area contributed by atoms with Crippen molar-refractivity contribution in [3.63, 3.8) is 0 Å². The third kappa shape index (κ3) is 5.29. The lowest BCUT2D eigenvalue weighted by Gasteiger charge is -2.13. The monoisotopic (exact) mass is 156 g/mol. The highest BCUT2D eigenvalue weighted by Gasteiger charge is 2.02. The summed E-state index contributed by atoms with van der Waals surface area (Å²) >= 11 is 2.32. The number of rotatable bonds is 6. The van der Waals surface area contributed by atoms with Gasteiger partial charge in [0.05, 0.1) is 0 Å². The number of hydrogen-bond donors (Lipinski definition) is 0. The maximum atomic E-state index is 5.01. The Morgan fingerprint density at radius 3 is 2.50 bits per heavy atom. The Morgan fingerprint density at radius 1 is 1.40 bits per heavy atom. The van der Waals surface area contributed by atoms with Gasteiger partial charge in [-0.3, -0.25) is 0 Å². The largest absolute Gasteiger partial charge is 0.516 e. The highest BCUT2D eigenvalue weighted by atomic mass is 27.1. The van der Waals surface area contributed by atoms with Gasteiger partial charge in [0.25, 0.3) is 0 Å². The molecule has 0 aliphatic rings. The molecule has 0 aliphatic carbocycles. The van der Waals surface area contributed by atoms with Crippen LogP contribution in [0.25, 0.3) is 0 Å². The quantitative estimate of drug-likeness (QED) is 0.536. The first-order valence-corrected chi connectivity index (χ1v) is 4.63. The molecule has 0 saturated carbocycles. The Kier molecular flexibility index (Phi) is 7.97. The lowest BCUT2D eigenvalue weighted by molar-refractivity contribution is 0.251. The van der Waals surface area contributed by atoms with Gasteiger partial charge in [0.2, 0.25) is 0 Å². The Labute approximate surface area is 72.9 Å². The van der Waals surface area contributed by atoms with E-state index < -0.39 is 0 Å². The fourth-order valence-corrected chi connectivity index (χ4v) is 1.31. The van der Waals surface area contributed by atoms with Crippen LogP contribution in [0.4, 0.5) is 0 Å². The van der Waals surface area contributed by atoms with E-state index in [2.05, 4.69) is 30.5 Å².